The van der Waals surface area contributed by atoms with E-state index in [9.17, 15) is 14.4 Å². The Bertz CT molecular complexity index is 620. The highest BCUT2D eigenvalue weighted by Crippen LogP contribution is 2.16. The van der Waals surface area contributed by atoms with Crippen LogP contribution in [0.15, 0.2) is 10.7 Å². The number of carbonyl (C=O) groups excluding carboxylic acids is 3. The van der Waals surface area contributed by atoms with Gasteiger partial charge in [0, 0.05) is 7.05 Å². The second kappa shape index (κ2) is 8.50. The molecule has 2 amide bonds. The monoisotopic (exact) mass is 355 g/mol. The molecule has 0 aromatic carbocycles. The predicted octanol–water partition coefficient (Wildman–Crippen LogP) is 1.90. The van der Waals surface area contributed by atoms with E-state index in [1.54, 1.807) is 20.8 Å². The van der Waals surface area contributed by atoms with Gasteiger partial charge in [-0.05, 0) is 27.2 Å². The summed E-state index contributed by atoms with van der Waals surface area (Å²) in [6.07, 6.45) is 1.06. The molecule has 9 heteroatoms. The third-order valence-corrected chi connectivity index (χ3v) is 3.04. The number of amides is 2. The van der Waals surface area contributed by atoms with Crippen LogP contribution in [-0.4, -0.2) is 54.2 Å². The van der Waals surface area contributed by atoms with E-state index < -0.39 is 29.6 Å². The Morgan fingerprint density at radius 3 is 2.52 bits per heavy atom. The molecule has 0 bridgehead atoms. The molecule has 1 aromatic rings. The summed E-state index contributed by atoms with van der Waals surface area (Å²) >= 11 is 0. The van der Waals surface area contributed by atoms with E-state index >= 15 is 0 Å². The number of likely N-dealkylation sites (N-methyl/N-ethyl adjacent to an activating group) is 1. The third kappa shape index (κ3) is 6.44. The average Bonchev–Trinajstić information content (AvgIpc) is 2.99. The van der Waals surface area contributed by atoms with Crippen molar-refractivity contribution in [1.82, 2.24) is 15.2 Å². The van der Waals surface area contributed by atoms with Crippen molar-refractivity contribution in [1.29, 1.82) is 0 Å². The predicted molar refractivity (Wildman–Crippen MR) is 87.9 cm³/mol. The number of aromatic nitrogens is 1. The summed E-state index contributed by atoms with van der Waals surface area (Å²) in [5, 5.41) is 2.71. The third-order valence-electron chi connectivity index (χ3n) is 3.04. The molecule has 0 aliphatic rings. The molecule has 0 radical (unpaired) electrons. The molecule has 1 aromatic heterocycles. The summed E-state index contributed by atoms with van der Waals surface area (Å²) in [5.74, 6) is -0.838. The van der Waals surface area contributed by atoms with Gasteiger partial charge in [0.15, 0.2) is 5.69 Å². The highest BCUT2D eigenvalue weighted by Gasteiger charge is 2.24. The smallest absolute Gasteiger partial charge is 0.410 e. The van der Waals surface area contributed by atoms with E-state index in [2.05, 4.69) is 15.0 Å². The molecule has 0 spiro atoms. The second-order valence-corrected chi connectivity index (χ2v) is 6.43. The Balaban J connectivity index is 2.65. The van der Waals surface area contributed by atoms with Gasteiger partial charge in [0.2, 0.25) is 11.8 Å². The van der Waals surface area contributed by atoms with Crippen LogP contribution in [0, 0.1) is 0 Å². The molecule has 0 aliphatic carbocycles. The maximum absolute atomic E-state index is 12.1. The standard InChI is InChI=1S/C16H25N3O6/c1-7-10(13-18-11(9-24-13)14(21)23-6)17-12(20)8-19(5)15(22)25-16(2,3)4/h9-10H,7-8H2,1-6H3,(H,17,20)/t10-/m0/s1. The van der Waals surface area contributed by atoms with Crippen LogP contribution in [0.2, 0.25) is 0 Å². The zero-order chi connectivity index (χ0) is 19.2. The van der Waals surface area contributed by atoms with Crippen molar-refractivity contribution < 1.29 is 28.3 Å². The number of rotatable bonds is 6. The first-order valence-corrected chi connectivity index (χ1v) is 7.84. The largest absolute Gasteiger partial charge is 0.464 e. The Labute approximate surface area is 146 Å². The molecular weight excluding hydrogens is 330 g/mol. The summed E-state index contributed by atoms with van der Waals surface area (Å²) in [7, 11) is 2.71. The number of hydrogen-bond donors (Lipinski definition) is 1. The number of methoxy groups -OCH3 is 1. The number of nitrogens with zero attached hydrogens (tertiary/aromatic N) is 2. The SMILES string of the molecule is CC[C@H](NC(=O)CN(C)C(=O)OC(C)(C)C)c1nc(C(=O)OC)co1. The van der Waals surface area contributed by atoms with Crippen molar-refractivity contribution in [2.75, 3.05) is 20.7 Å². The summed E-state index contributed by atoms with van der Waals surface area (Å²) < 4.78 is 15.0. The minimum absolute atomic E-state index is 0.0241. The van der Waals surface area contributed by atoms with Crippen LogP contribution in [0.4, 0.5) is 4.79 Å². The lowest BCUT2D eigenvalue weighted by Gasteiger charge is -2.24. The van der Waals surface area contributed by atoms with Crippen LogP contribution in [0.5, 0.6) is 0 Å². The van der Waals surface area contributed by atoms with Gasteiger partial charge in [0.05, 0.1) is 7.11 Å². The van der Waals surface area contributed by atoms with Crippen molar-refractivity contribution in [3.63, 3.8) is 0 Å². The van der Waals surface area contributed by atoms with Gasteiger partial charge in [-0.15, -0.1) is 0 Å². The number of carbonyl (C=O) groups is 3. The van der Waals surface area contributed by atoms with E-state index in [-0.39, 0.29) is 18.1 Å². The number of oxazole rings is 1. The van der Waals surface area contributed by atoms with Crippen molar-refractivity contribution in [2.45, 2.75) is 45.8 Å². The molecule has 1 N–H and O–H groups in total. The van der Waals surface area contributed by atoms with Crippen LogP contribution >= 0.6 is 0 Å². The van der Waals surface area contributed by atoms with E-state index in [1.807, 2.05) is 6.92 Å². The molecule has 25 heavy (non-hydrogen) atoms. The fourth-order valence-corrected chi connectivity index (χ4v) is 1.84. The second-order valence-electron chi connectivity index (χ2n) is 6.43. The van der Waals surface area contributed by atoms with Crippen LogP contribution in [0.1, 0.15) is 56.5 Å². The van der Waals surface area contributed by atoms with E-state index in [1.165, 1.54) is 25.3 Å². The van der Waals surface area contributed by atoms with E-state index in [0.29, 0.717) is 6.42 Å². The molecule has 0 fully saturated rings. The van der Waals surface area contributed by atoms with Gasteiger partial charge in [-0.25, -0.2) is 14.6 Å². The zero-order valence-electron chi connectivity index (χ0n) is 15.4. The van der Waals surface area contributed by atoms with Gasteiger partial charge < -0.3 is 24.1 Å². The molecule has 1 rings (SSSR count). The quantitative estimate of drug-likeness (QED) is 0.776. The maximum Gasteiger partial charge on any atom is 0.410 e. The Hall–Kier alpha value is -2.58. The average molecular weight is 355 g/mol. The fourth-order valence-electron chi connectivity index (χ4n) is 1.84. The van der Waals surface area contributed by atoms with Crippen LogP contribution in [0.3, 0.4) is 0 Å². The number of ether oxygens (including phenoxy) is 2. The summed E-state index contributed by atoms with van der Waals surface area (Å²) in [4.78, 5) is 40.6. The molecule has 0 aliphatic heterocycles. The minimum atomic E-state index is -0.643. The van der Waals surface area contributed by atoms with Gasteiger partial charge in [0.25, 0.3) is 0 Å². The molecule has 1 atom stereocenters. The lowest BCUT2D eigenvalue weighted by molar-refractivity contribution is -0.123. The molecule has 0 saturated carbocycles. The van der Waals surface area contributed by atoms with Crippen LogP contribution in [-0.2, 0) is 14.3 Å². The summed E-state index contributed by atoms with van der Waals surface area (Å²) in [5.41, 5.74) is -0.619. The summed E-state index contributed by atoms with van der Waals surface area (Å²) in [6.45, 7) is 6.87. The van der Waals surface area contributed by atoms with E-state index in [4.69, 9.17) is 9.15 Å². The molecule has 140 valence electrons. The van der Waals surface area contributed by atoms with Gasteiger partial charge in [-0.3, -0.25) is 4.79 Å². The molecule has 9 nitrogen and oxygen atoms in total. The highest BCUT2D eigenvalue weighted by atomic mass is 16.6. The Kier molecular flexibility index (Phi) is 6.96. The number of hydrogen-bond acceptors (Lipinski definition) is 7. The Morgan fingerprint density at radius 2 is 2.00 bits per heavy atom. The Morgan fingerprint density at radius 1 is 1.36 bits per heavy atom. The van der Waals surface area contributed by atoms with Crippen molar-refractivity contribution >= 4 is 18.0 Å². The van der Waals surface area contributed by atoms with E-state index in [0.717, 1.165) is 0 Å². The maximum atomic E-state index is 12.1. The summed E-state index contributed by atoms with van der Waals surface area (Å²) in [6, 6.07) is -0.530. The van der Waals surface area contributed by atoms with Crippen molar-refractivity contribution in [3.05, 3.63) is 17.8 Å². The first kappa shape index (κ1) is 20.5. The molecule has 0 unspecified atom stereocenters. The fraction of sp³-hybridized carbons (Fsp3) is 0.625. The van der Waals surface area contributed by atoms with Gasteiger partial charge in [0.1, 0.15) is 24.5 Å². The molecule has 1 heterocycles. The lowest BCUT2D eigenvalue weighted by atomic mass is 10.2. The highest BCUT2D eigenvalue weighted by molar-refractivity contribution is 5.86. The van der Waals surface area contributed by atoms with Gasteiger partial charge in [-0.2, -0.15) is 0 Å². The minimum Gasteiger partial charge on any atom is -0.464 e. The topological polar surface area (TPSA) is 111 Å². The zero-order valence-corrected chi connectivity index (χ0v) is 15.4. The van der Waals surface area contributed by atoms with Crippen LogP contribution < -0.4 is 5.32 Å². The molecule has 0 saturated heterocycles. The number of esters is 1. The first-order chi connectivity index (χ1) is 11.6. The first-order valence-electron chi connectivity index (χ1n) is 7.84. The van der Waals surface area contributed by atoms with Gasteiger partial charge >= 0.3 is 12.1 Å². The lowest BCUT2D eigenvalue weighted by Crippen LogP contribution is -2.42. The normalized spacial score (nSPS) is 12.2. The molecular formula is C16H25N3O6. The van der Waals surface area contributed by atoms with Crippen molar-refractivity contribution in [3.8, 4) is 0 Å². The van der Waals surface area contributed by atoms with Crippen LogP contribution in [0.25, 0.3) is 0 Å². The number of nitrogens with one attached hydrogen (secondary N) is 1. The van der Waals surface area contributed by atoms with Crippen molar-refractivity contribution in [2.24, 2.45) is 0 Å². The van der Waals surface area contributed by atoms with Gasteiger partial charge in [-0.1, -0.05) is 6.92 Å².